The molecule has 1 N–H and O–H groups in total. The van der Waals surface area contributed by atoms with Crippen molar-refractivity contribution in [1.29, 1.82) is 0 Å². The van der Waals surface area contributed by atoms with Gasteiger partial charge in [-0.3, -0.25) is 4.79 Å². The Bertz CT molecular complexity index is 450. The van der Waals surface area contributed by atoms with Crippen molar-refractivity contribution in [2.45, 2.75) is 39.0 Å². The van der Waals surface area contributed by atoms with Gasteiger partial charge < -0.3 is 15.0 Å². The molecular formula is C16H25ClN2O2. The summed E-state index contributed by atoms with van der Waals surface area (Å²) in [5.74, 6) is 0.0942. The summed E-state index contributed by atoms with van der Waals surface area (Å²) in [4.78, 5) is 14.2. The fourth-order valence-corrected chi connectivity index (χ4v) is 2.48. The quantitative estimate of drug-likeness (QED) is 0.924. The molecule has 0 saturated carbocycles. The highest BCUT2D eigenvalue weighted by Gasteiger charge is 2.30. The van der Waals surface area contributed by atoms with Gasteiger partial charge in [0.1, 0.15) is 6.04 Å². The van der Waals surface area contributed by atoms with Crippen molar-refractivity contribution in [2.75, 3.05) is 20.2 Å². The van der Waals surface area contributed by atoms with Crippen LogP contribution < -0.4 is 5.32 Å². The number of carbonyl (C=O) groups is 1. The van der Waals surface area contributed by atoms with Crippen LogP contribution >= 0.6 is 12.4 Å². The number of amides is 1. The molecule has 1 fully saturated rings. The zero-order valence-corrected chi connectivity index (χ0v) is 13.8. The highest BCUT2D eigenvalue weighted by molar-refractivity contribution is 5.85. The predicted octanol–water partition coefficient (Wildman–Crippen LogP) is 2.01. The third kappa shape index (κ3) is 4.70. The number of nitrogens with one attached hydrogen (secondary N) is 1. The monoisotopic (exact) mass is 312 g/mol. The number of ether oxygens (including phenoxy) is 1. The molecule has 2 atom stereocenters. The van der Waals surface area contributed by atoms with Crippen LogP contribution in [0.4, 0.5) is 0 Å². The van der Waals surface area contributed by atoms with Crippen molar-refractivity contribution in [3.63, 3.8) is 0 Å². The molecule has 0 radical (unpaired) electrons. The fraction of sp³-hybridized carbons (Fsp3) is 0.562. The van der Waals surface area contributed by atoms with Crippen molar-refractivity contribution in [2.24, 2.45) is 0 Å². The molecule has 1 aromatic carbocycles. The zero-order valence-electron chi connectivity index (χ0n) is 13.0. The number of morpholine rings is 1. The summed E-state index contributed by atoms with van der Waals surface area (Å²) in [5, 5.41) is 3.24. The number of aryl methyl sites for hydroxylation is 1. The molecule has 1 aliphatic heterocycles. The van der Waals surface area contributed by atoms with Crippen LogP contribution in [0.2, 0.25) is 0 Å². The van der Waals surface area contributed by atoms with Crippen molar-refractivity contribution in [3.05, 3.63) is 35.4 Å². The van der Waals surface area contributed by atoms with Crippen molar-refractivity contribution in [3.8, 4) is 0 Å². The summed E-state index contributed by atoms with van der Waals surface area (Å²) in [6.07, 6.45) is 0.969. The minimum atomic E-state index is -0.233. The van der Waals surface area contributed by atoms with Crippen LogP contribution in [0.1, 0.15) is 25.0 Å². The average Bonchev–Trinajstić information content (AvgIpc) is 2.48. The number of likely N-dealkylation sites (N-methyl/N-ethyl adjacent to an activating group) is 1. The molecule has 0 aliphatic carbocycles. The first-order valence-corrected chi connectivity index (χ1v) is 7.29. The number of hydrogen-bond donors (Lipinski definition) is 1. The minimum absolute atomic E-state index is 0. The van der Waals surface area contributed by atoms with Gasteiger partial charge >= 0.3 is 0 Å². The summed E-state index contributed by atoms with van der Waals surface area (Å²) in [6.45, 7) is 6.13. The smallest absolute Gasteiger partial charge is 0.242 e. The van der Waals surface area contributed by atoms with Crippen LogP contribution in [0.25, 0.3) is 0 Å². The molecule has 118 valence electrons. The molecule has 2 rings (SSSR count). The van der Waals surface area contributed by atoms with E-state index < -0.39 is 0 Å². The second-order valence-corrected chi connectivity index (χ2v) is 5.37. The number of rotatable bonds is 4. The SMILES string of the molecule is CCc1ccc(CN(C)C(=O)[C@H]2NCCO[C@@H]2C)cc1.Cl. The Labute approximate surface area is 133 Å². The van der Waals surface area contributed by atoms with Crippen LogP contribution in [-0.4, -0.2) is 43.2 Å². The van der Waals surface area contributed by atoms with Crippen molar-refractivity contribution >= 4 is 18.3 Å². The molecular weight excluding hydrogens is 288 g/mol. The number of benzene rings is 1. The Kier molecular flexibility index (Phi) is 7.15. The molecule has 1 amide bonds. The molecule has 1 saturated heterocycles. The van der Waals surface area contributed by atoms with E-state index in [1.165, 1.54) is 5.56 Å². The molecule has 0 spiro atoms. The molecule has 21 heavy (non-hydrogen) atoms. The maximum atomic E-state index is 12.4. The first kappa shape index (κ1) is 18.0. The van der Waals surface area contributed by atoms with Crippen LogP contribution in [0.15, 0.2) is 24.3 Å². The van der Waals surface area contributed by atoms with E-state index in [0.29, 0.717) is 13.2 Å². The lowest BCUT2D eigenvalue weighted by molar-refractivity contribution is -0.138. The maximum absolute atomic E-state index is 12.4. The van der Waals surface area contributed by atoms with Gasteiger partial charge in [-0.25, -0.2) is 0 Å². The van der Waals surface area contributed by atoms with Gasteiger partial charge in [0.25, 0.3) is 0 Å². The number of halogens is 1. The van der Waals surface area contributed by atoms with Gasteiger partial charge in [0, 0.05) is 20.1 Å². The number of nitrogens with zero attached hydrogens (tertiary/aromatic N) is 1. The predicted molar refractivity (Wildman–Crippen MR) is 86.7 cm³/mol. The molecule has 1 aliphatic rings. The molecule has 4 nitrogen and oxygen atoms in total. The lowest BCUT2D eigenvalue weighted by Crippen LogP contribution is -2.55. The van der Waals surface area contributed by atoms with E-state index >= 15 is 0 Å². The molecule has 1 heterocycles. The first-order chi connectivity index (χ1) is 9.61. The fourth-order valence-electron chi connectivity index (χ4n) is 2.48. The van der Waals surface area contributed by atoms with E-state index in [0.717, 1.165) is 18.5 Å². The lowest BCUT2D eigenvalue weighted by atomic mass is 10.1. The second kappa shape index (κ2) is 8.37. The molecule has 1 aromatic rings. The summed E-state index contributed by atoms with van der Waals surface area (Å²) in [6, 6.07) is 8.20. The van der Waals surface area contributed by atoms with Gasteiger partial charge in [-0.1, -0.05) is 31.2 Å². The topological polar surface area (TPSA) is 41.6 Å². The third-order valence-corrected chi connectivity index (χ3v) is 3.81. The summed E-state index contributed by atoms with van der Waals surface area (Å²) in [7, 11) is 1.85. The average molecular weight is 313 g/mol. The Balaban J connectivity index is 0.00000220. The molecule has 0 unspecified atom stereocenters. The third-order valence-electron chi connectivity index (χ3n) is 3.81. The van der Waals surface area contributed by atoms with Crippen molar-refractivity contribution in [1.82, 2.24) is 10.2 Å². The Morgan fingerprint density at radius 3 is 2.52 bits per heavy atom. The standard InChI is InChI=1S/C16H24N2O2.ClH/c1-4-13-5-7-14(8-6-13)11-18(3)16(19)15-12(2)20-10-9-17-15;/h5-8,12,15,17H,4,9-11H2,1-3H3;1H/t12-,15+;/m1./s1. The normalized spacial score (nSPS) is 21.5. The van der Waals surface area contributed by atoms with Gasteiger partial charge in [0.05, 0.1) is 12.7 Å². The second-order valence-electron chi connectivity index (χ2n) is 5.37. The minimum Gasteiger partial charge on any atom is -0.375 e. The van der Waals surface area contributed by atoms with E-state index in [4.69, 9.17) is 4.74 Å². The van der Waals surface area contributed by atoms with Crippen LogP contribution in [-0.2, 0) is 22.5 Å². The van der Waals surface area contributed by atoms with Gasteiger partial charge in [-0.15, -0.1) is 12.4 Å². The van der Waals surface area contributed by atoms with Crippen LogP contribution in [0, 0.1) is 0 Å². The van der Waals surface area contributed by atoms with Crippen LogP contribution in [0.5, 0.6) is 0 Å². The highest BCUT2D eigenvalue weighted by Crippen LogP contribution is 2.11. The molecule has 0 aromatic heterocycles. The summed E-state index contributed by atoms with van der Waals surface area (Å²) in [5.41, 5.74) is 2.47. The number of carbonyl (C=O) groups excluding carboxylic acids is 1. The van der Waals surface area contributed by atoms with Gasteiger partial charge in [0.15, 0.2) is 0 Å². The highest BCUT2D eigenvalue weighted by atomic mass is 35.5. The Morgan fingerprint density at radius 1 is 1.33 bits per heavy atom. The van der Waals surface area contributed by atoms with E-state index in [2.05, 4.69) is 36.5 Å². The molecule has 0 bridgehead atoms. The lowest BCUT2D eigenvalue weighted by Gasteiger charge is -2.32. The van der Waals surface area contributed by atoms with Crippen molar-refractivity contribution < 1.29 is 9.53 Å². The van der Waals surface area contributed by atoms with E-state index in [9.17, 15) is 4.79 Å². The molecule has 5 heteroatoms. The van der Waals surface area contributed by atoms with Gasteiger partial charge in [-0.05, 0) is 24.5 Å². The zero-order chi connectivity index (χ0) is 14.5. The van der Waals surface area contributed by atoms with Gasteiger partial charge in [0.2, 0.25) is 5.91 Å². The maximum Gasteiger partial charge on any atom is 0.242 e. The number of hydrogen-bond acceptors (Lipinski definition) is 3. The van der Waals surface area contributed by atoms with E-state index in [-0.39, 0.29) is 30.5 Å². The van der Waals surface area contributed by atoms with Gasteiger partial charge in [-0.2, -0.15) is 0 Å². The summed E-state index contributed by atoms with van der Waals surface area (Å²) >= 11 is 0. The summed E-state index contributed by atoms with van der Waals surface area (Å²) < 4.78 is 5.53. The van der Waals surface area contributed by atoms with Crippen LogP contribution in [0.3, 0.4) is 0 Å². The first-order valence-electron chi connectivity index (χ1n) is 7.29. The Hall–Kier alpha value is -1.10. The van der Waals surface area contributed by atoms with E-state index in [1.54, 1.807) is 4.90 Å². The Morgan fingerprint density at radius 2 is 1.95 bits per heavy atom. The largest absolute Gasteiger partial charge is 0.375 e. The van der Waals surface area contributed by atoms with E-state index in [1.807, 2.05) is 14.0 Å².